The molecule has 1 saturated carbocycles. The van der Waals surface area contributed by atoms with Crippen molar-refractivity contribution in [1.82, 2.24) is 5.32 Å². The number of benzene rings is 2. The number of carbonyl (C=O) groups is 2. The fourth-order valence-corrected chi connectivity index (χ4v) is 3.71. The van der Waals surface area contributed by atoms with E-state index in [2.05, 4.69) is 10.6 Å². The summed E-state index contributed by atoms with van der Waals surface area (Å²) in [6.07, 6.45) is 6.46. The molecule has 2 aromatic carbocycles. The van der Waals surface area contributed by atoms with Crippen molar-refractivity contribution in [2.45, 2.75) is 38.5 Å². The lowest BCUT2D eigenvalue weighted by atomic mass is 10.0. The van der Waals surface area contributed by atoms with Crippen LogP contribution in [-0.2, 0) is 4.79 Å². The van der Waals surface area contributed by atoms with Crippen LogP contribution in [-0.4, -0.2) is 25.0 Å². The third kappa shape index (κ3) is 6.59. The van der Waals surface area contributed by atoms with Crippen molar-refractivity contribution < 1.29 is 14.0 Å². The first kappa shape index (κ1) is 20.8. The van der Waals surface area contributed by atoms with E-state index in [1.807, 2.05) is 18.2 Å². The van der Waals surface area contributed by atoms with Crippen molar-refractivity contribution in [3.05, 3.63) is 60.4 Å². The molecule has 0 unspecified atom stereocenters. The fraction of sp³-hybridized carbons (Fsp3) is 0.391. The zero-order valence-corrected chi connectivity index (χ0v) is 16.6. The molecule has 154 valence electrons. The number of hydrogen-bond acceptors (Lipinski definition) is 2. The molecule has 29 heavy (non-hydrogen) atoms. The summed E-state index contributed by atoms with van der Waals surface area (Å²) in [5.74, 6) is 0.324. The van der Waals surface area contributed by atoms with Crippen LogP contribution >= 0.6 is 0 Å². The van der Waals surface area contributed by atoms with E-state index in [-0.39, 0.29) is 17.8 Å². The molecule has 3 rings (SSSR count). The van der Waals surface area contributed by atoms with Gasteiger partial charge < -0.3 is 10.6 Å². The maximum Gasteiger partial charge on any atom is 0.326 e. The van der Waals surface area contributed by atoms with Gasteiger partial charge in [-0.1, -0.05) is 43.9 Å². The first-order valence-corrected chi connectivity index (χ1v) is 10.3. The van der Waals surface area contributed by atoms with Gasteiger partial charge in [0.25, 0.3) is 0 Å². The predicted octanol–water partition coefficient (Wildman–Crippen LogP) is 4.95. The van der Waals surface area contributed by atoms with Crippen LogP contribution in [0.15, 0.2) is 54.6 Å². The highest BCUT2D eigenvalue weighted by atomic mass is 19.1. The second kappa shape index (κ2) is 10.6. The van der Waals surface area contributed by atoms with E-state index in [1.165, 1.54) is 42.7 Å². The van der Waals surface area contributed by atoms with E-state index in [0.717, 1.165) is 6.42 Å². The Morgan fingerprint density at radius 1 is 1.00 bits per heavy atom. The molecule has 0 heterocycles. The molecule has 0 aliphatic heterocycles. The standard InChI is InChI=1S/C23H28FN3O2/c24-19-11-13-21(14-12-19)27(23(29)26-20-8-2-1-3-9-20)17-16-25-22(28)15-10-18-6-4-5-7-18/h1-3,8-9,11-14,18H,4-7,10,15-17H2,(H,25,28)(H,26,29). The van der Waals surface area contributed by atoms with Crippen LogP contribution < -0.4 is 15.5 Å². The molecule has 3 amide bonds. The highest BCUT2D eigenvalue weighted by Gasteiger charge is 2.18. The summed E-state index contributed by atoms with van der Waals surface area (Å²) in [6, 6.07) is 14.6. The molecule has 5 nitrogen and oxygen atoms in total. The highest BCUT2D eigenvalue weighted by Crippen LogP contribution is 2.28. The third-order valence-electron chi connectivity index (χ3n) is 5.32. The third-order valence-corrected chi connectivity index (χ3v) is 5.32. The van der Waals surface area contributed by atoms with Crippen molar-refractivity contribution in [3.8, 4) is 0 Å². The molecule has 2 aromatic rings. The summed E-state index contributed by atoms with van der Waals surface area (Å²) >= 11 is 0. The van der Waals surface area contributed by atoms with E-state index in [1.54, 1.807) is 24.3 Å². The molecule has 1 aliphatic carbocycles. The Balaban J connectivity index is 1.55. The maximum absolute atomic E-state index is 13.3. The summed E-state index contributed by atoms with van der Waals surface area (Å²) in [4.78, 5) is 26.4. The molecular formula is C23H28FN3O2. The van der Waals surface area contributed by atoms with Crippen molar-refractivity contribution in [3.63, 3.8) is 0 Å². The van der Waals surface area contributed by atoms with Gasteiger partial charge in [0, 0.05) is 30.9 Å². The van der Waals surface area contributed by atoms with Gasteiger partial charge in [-0.15, -0.1) is 0 Å². The Morgan fingerprint density at radius 2 is 1.69 bits per heavy atom. The van der Waals surface area contributed by atoms with Crippen LogP contribution in [0.2, 0.25) is 0 Å². The lowest BCUT2D eigenvalue weighted by molar-refractivity contribution is -0.121. The van der Waals surface area contributed by atoms with Gasteiger partial charge >= 0.3 is 6.03 Å². The van der Waals surface area contributed by atoms with Gasteiger partial charge in [0.05, 0.1) is 0 Å². The summed E-state index contributed by atoms with van der Waals surface area (Å²) in [5, 5.41) is 5.74. The van der Waals surface area contributed by atoms with E-state index in [9.17, 15) is 14.0 Å². The number of halogens is 1. The Hall–Kier alpha value is -2.89. The van der Waals surface area contributed by atoms with E-state index in [0.29, 0.717) is 36.8 Å². The smallest absolute Gasteiger partial charge is 0.326 e. The SMILES string of the molecule is O=C(CCC1CCCC1)NCCN(C(=O)Nc1ccccc1)c1ccc(F)cc1. The lowest BCUT2D eigenvalue weighted by Crippen LogP contribution is -2.41. The average molecular weight is 397 g/mol. The first-order valence-electron chi connectivity index (χ1n) is 10.3. The maximum atomic E-state index is 13.3. The molecule has 0 saturated heterocycles. The minimum Gasteiger partial charge on any atom is -0.354 e. The van der Waals surface area contributed by atoms with Crippen LogP contribution in [0.3, 0.4) is 0 Å². The second-order valence-electron chi connectivity index (χ2n) is 7.46. The van der Waals surface area contributed by atoms with Gasteiger partial charge in [0.15, 0.2) is 0 Å². The van der Waals surface area contributed by atoms with Gasteiger partial charge in [-0.25, -0.2) is 9.18 Å². The predicted molar refractivity (Wildman–Crippen MR) is 113 cm³/mol. The molecule has 1 aliphatic rings. The van der Waals surface area contributed by atoms with Gasteiger partial charge in [0.2, 0.25) is 5.91 Å². The van der Waals surface area contributed by atoms with Crippen LogP contribution in [0.25, 0.3) is 0 Å². The zero-order valence-electron chi connectivity index (χ0n) is 16.6. The normalized spacial score (nSPS) is 13.8. The van der Waals surface area contributed by atoms with Crippen molar-refractivity contribution in [2.75, 3.05) is 23.3 Å². The minimum absolute atomic E-state index is 0.0134. The Morgan fingerprint density at radius 3 is 2.38 bits per heavy atom. The minimum atomic E-state index is -0.364. The van der Waals surface area contributed by atoms with Gasteiger partial charge in [-0.05, 0) is 48.7 Å². The van der Waals surface area contributed by atoms with E-state index < -0.39 is 0 Å². The number of hydrogen-bond donors (Lipinski definition) is 2. The number of rotatable bonds is 8. The molecule has 0 aromatic heterocycles. The summed E-state index contributed by atoms with van der Waals surface area (Å²) in [7, 11) is 0. The Bertz CT molecular complexity index is 790. The molecule has 1 fully saturated rings. The quantitative estimate of drug-likeness (QED) is 0.662. The summed E-state index contributed by atoms with van der Waals surface area (Å²) in [5.41, 5.74) is 1.24. The van der Waals surface area contributed by atoms with Gasteiger partial charge in [-0.3, -0.25) is 9.69 Å². The van der Waals surface area contributed by atoms with E-state index >= 15 is 0 Å². The molecular weight excluding hydrogens is 369 g/mol. The highest BCUT2D eigenvalue weighted by molar-refractivity contribution is 6.01. The largest absolute Gasteiger partial charge is 0.354 e. The van der Waals surface area contributed by atoms with Gasteiger partial charge in [0.1, 0.15) is 5.82 Å². The number of nitrogens with one attached hydrogen (secondary N) is 2. The molecule has 0 radical (unpaired) electrons. The van der Waals surface area contributed by atoms with Crippen LogP contribution in [0.4, 0.5) is 20.6 Å². The van der Waals surface area contributed by atoms with Crippen LogP contribution in [0.1, 0.15) is 38.5 Å². The zero-order chi connectivity index (χ0) is 20.5. The fourth-order valence-electron chi connectivity index (χ4n) is 3.71. The number of anilines is 2. The number of amides is 3. The van der Waals surface area contributed by atoms with Crippen molar-refractivity contribution in [2.24, 2.45) is 5.92 Å². The Labute approximate surface area is 171 Å². The van der Waals surface area contributed by atoms with Crippen molar-refractivity contribution >= 4 is 23.3 Å². The van der Waals surface area contributed by atoms with Crippen molar-refractivity contribution in [1.29, 1.82) is 0 Å². The molecule has 2 N–H and O–H groups in total. The molecule has 0 bridgehead atoms. The number of urea groups is 1. The average Bonchev–Trinajstić information content (AvgIpc) is 3.25. The van der Waals surface area contributed by atoms with E-state index in [4.69, 9.17) is 0 Å². The molecule has 0 atom stereocenters. The number of nitrogens with zero attached hydrogens (tertiary/aromatic N) is 1. The lowest BCUT2D eigenvalue weighted by Gasteiger charge is -2.23. The number of para-hydroxylation sites is 1. The summed E-state index contributed by atoms with van der Waals surface area (Å²) in [6.45, 7) is 0.628. The Kier molecular flexibility index (Phi) is 7.61. The van der Waals surface area contributed by atoms with Gasteiger partial charge in [-0.2, -0.15) is 0 Å². The second-order valence-corrected chi connectivity index (χ2v) is 7.46. The first-order chi connectivity index (χ1) is 14.1. The van der Waals surface area contributed by atoms with Crippen LogP contribution in [0.5, 0.6) is 0 Å². The topological polar surface area (TPSA) is 61.4 Å². The number of carbonyl (C=O) groups excluding carboxylic acids is 2. The molecule has 0 spiro atoms. The monoisotopic (exact) mass is 397 g/mol. The molecule has 6 heteroatoms. The summed E-state index contributed by atoms with van der Waals surface area (Å²) < 4.78 is 13.3. The van der Waals surface area contributed by atoms with Crippen LogP contribution in [0, 0.1) is 11.7 Å².